The van der Waals surface area contributed by atoms with Gasteiger partial charge in [0.05, 0.1) is 24.4 Å². The highest BCUT2D eigenvalue weighted by atomic mass is 16.5. The fourth-order valence-electron chi connectivity index (χ4n) is 5.12. The highest BCUT2D eigenvalue weighted by Crippen LogP contribution is 2.35. The lowest BCUT2D eigenvalue weighted by atomic mass is 9.96. The van der Waals surface area contributed by atoms with Gasteiger partial charge in [0.1, 0.15) is 23.2 Å². The molecule has 9 heteroatoms. The Morgan fingerprint density at radius 1 is 1.14 bits per heavy atom. The molecular weight excluding hydrogens is 458 g/mol. The number of hydrogen-bond donors (Lipinski definition) is 0. The van der Waals surface area contributed by atoms with Crippen LogP contribution in [-0.4, -0.2) is 46.9 Å². The zero-order chi connectivity index (χ0) is 24.8. The van der Waals surface area contributed by atoms with E-state index in [4.69, 9.17) is 18.9 Å². The number of hydrogen-bond acceptors (Lipinski definition) is 8. The number of benzene rings is 1. The maximum Gasteiger partial charge on any atom is 0.252 e. The summed E-state index contributed by atoms with van der Waals surface area (Å²) in [5.74, 6) is 1.37. The number of aryl methyl sites for hydroxylation is 2. The van der Waals surface area contributed by atoms with Crippen LogP contribution in [0.25, 0.3) is 22.1 Å². The van der Waals surface area contributed by atoms with Crippen LogP contribution in [0.15, 0.2) is 39.5 Å². The molecule has 1 atom stereocenters. The van der Waals surface area contributed by atoms with Crippen molar-refractivity contribution in [1.82, 2.24) is 14.5 Å². The van der Waals surface area contributed by atoms with Crippen molar-refractivity contribution in [3.63, 3.8) is 0 Å². The lowest BCUT2D eigenvalue weighted by Gasteiger charge is -2.33. The molecule has 2 aliphatic rings. The van der Waals surface area contributed by atoms with Gasteiger partial charge >= 0.3 is 0 Å². The molecule has 36 heavy (non-hydrogen) atoms. The molecule has 9 nitrogen and oxygen atoms in total. The van der Waals surface area contributed by atoms with Crippen molar-refractivity contribution in [3.8, 4) is 11.8 Å². The van der Waals surface area contributed by atoms with E-state index in [2.05, 4.69) is 16.0 Å². The largest absolute Gasteiger partial charge is 0.485 e. The lowest BCUT2D eigenvalue weighted by molar-refractivity contribution is 0.141. The minimum atomic E-state index is -0.129. The van der Waals surface area contributed by atoms with Crippen LogP contribution in [0.1, 0.15) is 42.3 Å². The summed E-state index contributed by atoms with van der Waals surface area (Å²) < 4.78 is 19.0. The Hall–Kier alpha value is -3.90. The Balaban J connectivity index is 1.30. The highest BCUT2D eigenvalue weighted by Gasteiger charge is 2.27. The van der Waals surface area contributed by atoms with E-state index < -0.39 is 0 Å². The third-order valence-electron chi connectivity index (χ3n) is 7.19. The second-order valence-electron chi connectivity index (χ2n) is 9.63. The van der Waals surface area contributed by atoms with Gasteiger partial charge < -0.3 is 23.4 Å². The normalized spacial score (nSPS) is 18.7. The van der Waals surface area contributed by atoms with Crippen molar-refractivity contribution >= 4 is 27.8 Å². The van der Waals surface area contributed by atoms with E-state index in [-0.39, 0.29) is 23.3 Å². The summed E-state index contributed by atoms with van der Waals surface area (Å²) in [7, 11) is 1.71. The summed E-state index contributed by atoms with van der Waals surface area (Å²) in [5.41, 5.74) is 4.95. The monoisotopic (exact) mass is 485 g/mol. The Bertz CT molecular complexity index is 1550. The van der Waals surface area contributed by atoms with Crippen LogP contribution in [0.4, 0.5) is 5.69 Å². The van der Waals surface area contributed by atoms with E-state index in [1.165, 1.54) is 0 Å². The first-order valence-electron chi connectivity index (χ1n) is 12.3. The van der Waals surface area contributed by atoms with Gasteiger partial charge in [-0.25, -0.2) is 9.97 Å². The van der Waals surface area contributed by atoms with Crippen molar-refractivity contribution in [3.05, 3.63) is 57.8 Å². The summed E-state index contributed by atoms with van der Waals surface area (Å²) >= 11 is 0. The fraction of sp³-hybridized carbons (Fsp3) is 0.407. The summed E-state index contributed by atoms with van der Waals surface area (Å²) in [4.78, 5) is 24.5. The molecule has 1 unspecified atom stereocenters. The van der Waals surface area contributed by atoms with Crippen LogP contribution >= 0.6 is 0 Å². The van der Waals surface area contributed by atoms with Crippen molar-refractivity contribution in [2.24, 2.45) is 7.05 Å². The average Bonchev–Trinajstić information content (AvgIpc) is 3.56. The summed E-state index contributed by atoms with van der Waals surface area (Å²) in [6, 6.07) is 11.6. The minimum absolute atomic E-state index is 0.119. The summed E-state index contributed by atoms with van der Waals surface area (Å²) in [5, 5.41) is 9.79. The maximum atomic E-state index is 12.9. The van der Waals surface area contributed by atoms with Gasteiger partial charge in [-0.15, -0.1) is 0 Å². The van der Waals surface area contributed by atoms with E-state index in [1.54, 1.807) is 23.7 Å². The van der Waals surface area contributed by atoms with Crippen molar-refractivity contribution in [2.75, 3.05) is 31.2 Å². The number of fused-ring (bicyclic) bond motifs is 2. The Morgan fingerprint density at radius 3 is 2.72 bits per heavy atom. The standard InChI is InChI=1S/C27H27N5O4/c1-16-3-4-23-19(11-16)30-27(36-23)17-5-8-32(9-6-17)22-13-25(33)31(2)21-12-24(20(14-28)29-26(21)22)35-18-7-10-34-15-18/h3-4,11-13,17-18H,5-10,15H2,1-2H3. The summed E-state index contributed by atoms with van der Waals surface area (Å²) in [6.07, 6.45) is 2.33. The van der Waals surface area contributed by atoms with Gasteiger partial charge in [0.15, 0.2) is 22.9 Å². The Kier molecular flexibility index (Phi) is 5.61. The molecule has 0 aliphatic carbocycles. The van der Waals surface area contributed by atoms with Crippen LogP contribution in [0.2, 0.25) is 0 Å². The highest BCUT2D eigenvalue weighted by molar-refractivity contribution is 5.90. The molecule has 0 saturated carbocycles. The van der Waals surface area contributed by atoms with Crippen LogP contribution in [0, 0.1) is 18.3 Å². The number of nitrogens with zero attached hydrogens (tertiary/aromatic N) is 5. The molecule has 3 aromatic heterocycles. The number of nitriles is 1. The first-order chi connectivity index (χ1) is 17.5. The van der Waals surface area contributed by atoms with Crippen LogP contribution in [0.3, 0.4) is 0 Å². The SMILES string of the molecule is Cc1ccc2oc(C3CCN(c4cc(=O)n(C)c5cc(OC6CCOC6)c(C#N)nc45)CC3)nc2c1. The number of rotatable bonds is 4. The molecular formula is C27H27N5O4. The molecule has 5 heterocycles. The third kappa shape index (κ3) is 3.97. The number of aromatic nitrogens is 3. The fourth-order valence-corrected chi connectivity index (χ4v) is 5.12. The van der Waals surface area contributed by atoms with Gasteiger partial charge in [0.2, 0.25) is 0 Å². The number of piperidine rings is 1. The lowest BCUT2D eigenvalue weighted by Crippen LogP contribution is -2.34. The van der Waals surface area contributed by atoms with Crippen LogP contribution < -0.4 is 15.2 Å². The molecule has 0 radical (unpaired) electrons. The van der Waals surface area contributed by atoms with E-state index >= 15 is 0 Å². The van der Waals surface area contributed by atoms with E-state index in [0.717, 1.165) is 60.6 Å². The number of oxazole rings is 1. The molecule has 6 rings (SSSR count). The van der Waals surface area contributed by atoms with Crippen molar-refractivity contribution in [2.45, 2.75) is 38.2 Å². The minimum Gasteiger partial charge on any atom is -0.485 e. The first kappa shape index (κ1) is 22.6. The molecule has 0 N–H and O–H groups in total. The predicted octanol–water partition coefficient (Wildman–Crippen LogP) is 3.81. The van der Waals surface area contributed by atoms with Gasteiger partial charge in [-0.2, -0.15) is 5.26 Å². The molecule has 2 aliphatic heterocycles. The molecule has 0 spiro atoms. The zero-order valence-electron chi connectivity index (χ0n) is 20.4. The van der Waals surface area contributed by atoms with E-state index in [1.807, 2.05) is 25.1 Å². The molecule has 184 valence electrons. The van der Waals surface area contributed by atoms with Crippen LogP contribution in [-0.2, 0) is 11.8 Å². The smallest absolute Gasteiger partial charge is 0.252 e. The second-order valence-corrected chi connectivity index (χ2v) is 9.63. The van der Waals surface area contributed by atoms with Crippen LogP contribution in [0.5, 0.6) is 5.75 Å². The molecule has 0 amide bonds. The van der Waals surface area contributed by atoms with Gasteiger partial charge in [0, 0.05) is 44.6 Å². The van der Waals surface area contributed by atoms with Crippen molar-refractivity contribution < 1.29 is 13.9 Å². The third-order valence-corrected chi connectivity index (χ3v) is 7.19. The molecule has 2 fully saturated rings. The van der Waals surface area contributed by atoms with Gasteiger partial charge in [-0.3, -0.25) is 4.79 Å². The van der Waals surface area contributed by atoms with Gasteiger partial charge in [-0.1, -0.05) is 6.07 Å². The number of ether oxygens (including phenoxy) is 2. The van der Waals surface area contributed by atoms with Gasteiger partial charge in [-0.05, 0) is 37.5 Å². The topological polar surface area (TPSA) is 106 Å². The van der Waals surface area contributed by atoms with Gasteiger partial charge in [0.25, 0.3) is 5.56 Å². The quantitative estimate of drug-likeness (QED) is 0.430. The summed E-state index contributed by atoms with van der Waals surface area (Å²) in [6.45, 7) is 4.62. The zero-order valence-corrected chi connectivity index (χ0v) is 20.4. The van der Waals surface area contributed by atoms with E-state index in [0.29, 0.717) is 30.0 Å². The number of anilines is 1. The molecule has 2 saturated heterocycles. The molecule has 4 aromatic rings. The molecule has 0 bridgehead atoms. The maximum absolute atomic E-state index is 12.9. The Morgan fingerprint density at radius 2 is 1.97 bits per heavy atom. The predicted molar refractivity (Wildman–Crippen MR) is 134 cm³/mol. The second kappa shape index (κ2) is 8.95. The van der Waals surface area contributed by atoms with E-state index in [9.17, 15) is 10.1 Å². The molecule has 1 aromatic carbocycles. The van der Waals surface area contributed by atoms with Crippen molar-refractivity contribution in [1.29, 1.82) is 5.26 Å². The first-order valence-corrected chi connectivity index (χ1v) is 12.3. The average molecular weight is 486 g/mol. The Labute approximate surface area is 207 Å². The number of pyridine rings is 2.